The van der Waals surface area contributed by atoms with E-state index in [4.69, 9.17) is 5.73 Å². The van der Waals surface area contributed by atoms with Crippen LogP contribution in [0.3, 0.4) is 0 Å². The molecule has 1 atom stereocenters. The lowest BCUT2D eigenvalue weighted by atomic mass is 10.1. The quantitative estimate of drug-likeness (QED) is 0.738. The maximum Gasteiger partial charge on any atom is 0.274 e. The summed E-state index contributed by atoms with van der Waals surface area (Å²) in [7, 11) is 0. The summed E-state index contributed by atoms with van der Waals surface area (Å²) >= 11 is 1.79. The second kappa shape index (κ2) is 6.68. The molecule has 1 unspecified atom stereocenters. The fraction of sp³-hybridized carbons (Fsp3) is 0.667. The molecular weight excluding hydrogens is 248 g/mol. The van der Waals surface area contributed by atoms with Gasteiger partial charge in [-0.25, -0.2) is 0 Å². The predicted molar refractivity (Wildman–Crippen MR) is 77.0 cm³/mol. The minimum Gasteiger partial charge on any atom is -0.395 e. The fourth-order valence-corrected chi connectivity index (χ4v) is 2.28. The van der Waals surface area contributed by atoms with Crippen LogP contribution < -0.4 is 11.1 Å². The zero-order valence-electron chi connectivity index (χ0n) is 11.4. The maximum absolute atomic E-state index is 12.0. The Morgan fingerprint density at radius 3 is 2.67 bits per heavy atom. The molecule has 1 aromatic rings. The minimum atomic E-state index is -0.208. The second-order valence-corrected chi connectivity index (χ2v) is 5.91. The SMILES string of the molecule is CCSCC(C)NC(=O)c1n[nH]c(C(C)C)c1N. The number of thioether (sulfide) groups is 1. The van der Waals surface area contributed by atoms with Crippen molar-refractivity contribution in [3.8, 4) is 0 Å². The van der Waals surface area contributed by atoms with Crippen molar-refractivity contribution in [2.75, 3.05) is 17.2 Å². The molecule has 1 amide bonds. The summed E-state index contributed by atoms with van der Waals surface area (Å²) in [5, 5.41) is 9.73. The van der Waals surface area contributed by atoms with Gasteiger partial charge in [-0.2, -0.15) is 16.9 Å². The molecule has 0 spiro atoms. The number of rotatable bonds is 6. The highest BCUT2D eigenvalue weighted by atomic mass is 32.2. The van der Waals surface area contributed by atoms with E-state index in [2.05, 4.69) is 22.4 Å². The smallest absolute Gasteiger partial charge is 0.274 e. The molecule has 0 aliphatic carbocycles. The van der Waals surface area contributed by atoms with Crippen LogP contribution in [0, 0.1) is 0 Å². The molecule has 0 aliphatic heterocycles. The first-order valence-electron chi connectivity index (χ1n) is 6.19. The third-order valence-corrected chi connectivity index (χ3v) is 3.72. The second-order valence-electron chi connectivity index (χ2n) is 4.59. The van der Waals surface area contributed by atoms with Crippen molar-refractivity contribution < 1.29 is 4.79 Å². The van der Waals surface area contributed by atoms with Crippen LogP contribution in [0.15, 0.2) is 0 Å². The number of nitrogens with zero attached hydrogens (tertiary/aromatic N) is 1. The van der Waals surface area contributed by atoms with Crippen LogP contribution in [0.25, 0.3) is 0 Å². The topological polar surface area (TPSA) is 83.8 Å². The van der Waals surface area contributed by atoms with Gasteiger partial charge in [-0.3, -0.25) is 9.89 Å². The molecule has 0 aliphatic rings. The van der Waals surface area contributed by atoms with Crippen molar-refractivity contribution in [1.29, 1.82) is 0 Å². The molecule has 1 rings (SSSR count). The van der Waals surface area contributed by atoms with E-state index in [0.29, 0.717) is 11.4 Å². The monoisotopic (exact) mass is 270 g/mol. The Bertz CT molecular complexity index is 403. The van der Waals surface area contributed by atoms with Gasteiger partial charge in [-0.05, 0) is 18.6 Å². The zero-order chi connectivity index (χ0) is 13.7. The number of aromatic amines is 1. The minimum absolute atomic E-state index is 0.112. The molecular formula is C12H22N4OS. The Balaban J connectivity index is 2.67. The van der Waals surface area contributed by atoms with Crippen molar-refractivity contribution >= 4 is 23.4 Å². The van der Waals surface area contributed by atoms with Crippen molar-refractivity contribution in [3.63, 3.8) is 0 Å². The van der Waals surface area contributed by atoms with E-state index in [-0.39, 0.29) is 17.9 Å². The van der Waals surface area contributed by atoms with Crippen molar-refractivity contribution in [2.24, 2.45) is 0 Å². The van der Waals surface area contributed by atoms with Crippen molar-refractivity contribution in [3.05, 3.63) is 11.4 Å². The van der Waals surface area contributed by atoms with Crippen molar-refractivity contribution in [2.45, 2.75) is 39.7 Å². The number of carbonyl (C=O) groups is 1. The number of nitrogens with two attached hydrogens (primary N) is 1. The lowest BCUT2D eigenvalue weighted by Gasteiger charge is -2.12. The van der Waals surface area contributed by atoms with E-state index in [0.717, 1.165) is 17.2 Å². The van der Waals surface area contributed by atoms with Crippen LogP contribution in [0.2, 0.25) is 0 Å². The van der Waals surface area contributed by atoms with Gasteiger partial charge >= 0.3 is 0 Å². The molecule has 4 N–H and O–H groups in total. The average Bonchev–Trinajstić information content (AvgIpc) is 2.68. The van der Waals surface area contributed by atoms with Gasteiger partial charge in [-0.1, -0.05) is 20.8 Å². The molecule has 1 heterocycles. The molecule has 0 bridgehead atoms. The number of H-pyrrole nitrogens is 1. The lowest BCUT2D eigenvalue weighted by Crippen LogP contribution is -2.34. The molecule has 0 saturated carbocycles. The fourth-order valence-electron chi connectivity index (χ4n) is 1.61. The number of carbonyl (C=O) groups excluding carboxylic acids is 1. The third kappa shape index (κ3) is 3.66. The summed E-state index contributed by atoms with van der Waals surface area (Å²) in [6.45, 7) is 8.09. The van der Waals surface area contributed by atoms with E-state index < -0.39 is 0 Å². The number of nitrogen functional groups attached to an aromatic ring is 1. The summed E-state index contributed by atoms with van der Waals surface area (Å²) in [4.78, 5) is 12.0. The summed E-state index contributed by atoms with van der Waals surface area (Å²) < 4.78 is 0. The van der Waals surface area contributed by atoms with Crippen LogP contribution in [-0.2, 0) is 0 Å². The highest BCUT2D eigenvalue weighted by Gasteiger charge is 2.19. The average molecular weight is 270 g/mol. The van der Waals surface area contributed by atoms with Gasteiger partial charge in [0.05, 0.1) is 11.4 Å². The van der Waals surface area contributed by atoms with Crippen LogP contribution in [0.1, 0.15) is 49.8 Å². The number of nitrogens with one attached hydrogen (secondary N) is 2. The van der Waals surface area contributed by atoms with Gasteiger partial charge in [0.25, 0.3) is 5.91 Å². The number of hydrogen-bond acceptors (Lipinski definition) is 4. The van der Waals surface area contributed by atoms with E-state index in [1.807, 2.05) is 20.8 Å². The van der Waals surface area contributed by atoms with Gasteiger partial charge in [0.2, 0.25) is 0 Å². The number of hydrogen-bond donors (Lipinski definition) is 3. The largest absolute Gasteiger partial charge is 0.395 e. The first-order valence-corrected chi connectivity index (χ1v) is 7.35. The molecule has 0 fully saturated rings. The molecule has 5 nitrogen and oxygen atoms in total. The summed E-state index contributed by atoms with van der Waals surface area (Å²) in [6, 6.07) is 0.112. The van der Waals surface area contributed by atoms with Gasteiger partial charge in [-0.15, -0.1) is 0 Å². The molecule has 6 heteroatoms. The van der Waals surface area contributed by atoms with E-state index in [1.54, 1.807) is 11.8 Å². The van der Waals surface area contributed by atoms with Gasteiger partial charge in [0.15, 0.2) is 5.69 Å². The van der Waals surface area contributed by atoms with E-state index >= 15 is 0 Å². The molecule has 0 saturated heterocycles. The van der Waals surface area contributed by atoms with Gasteiger partial charge in [0.1, 0.15) is 0 Å². The van der Waals surface area contributed by atoms with Crippen LogP contribution in [0.5, 0.6) is 0 Å². The van der Waals surface area contributed by atoms with Crippen molar-refractivity contribution in [1.82, 2.24) is 15.5 Å². The Morgan fingerprint density at radius 2 is 2.17 bits per heavy atom. The molecule has 102 valence electrons. The molecule has 0 aromatic carbocycles. The standard InChI is InChI=1S/C12H22N4OS/c1-5-18-6-8(4)14-12(17)11-9(13)10(7(2)3)15-16-11/h7-8H,5-6,13H2,1-4H3,(H,14,17)(H,15,16). The first kappa shape index (κ1) is 14.9. The van der Waals surface area contributed by atoms with Crippen LogP contribution >= 0.6 is 11.8 Å². The summed E-state index contributed by atoms with van der Waals surface area (Å²) in [5.74, 6) is 1.96. The number of amides is 1. The normalized spacial score (nSPS) is 12.7. The zero-order valence-corrected chi connectivity index (χ0v) is 12.2. The molecule has 0 radical (unpaired) electrons. The number of aromatic nitrogens is 2. The van der Waals surface area contributed by atoms with E-state index in [1.165, 1.54) is 0 Å². The van der Waals surface area contributed by atoms with E-state index in [9.17, 15) is 4.79 Å². The molecule has 18 heavy (non-hydrogen) atoms. The molecule has 1 aromatic heterocycles. The Morgan fingerprint density at radius 1 is 1.50 bits per heavy atom. The highest BCUT2D eigenvalue weighted by molar-refractivity contribution is 7.99. The lowest BCUT2D eigenvalue weighted by molar-refractivity contribution is 0.0939. The van der Waals surface area contributed by atoms with Crippen LogP contribution in [0.4, 0.5) is 5.69 Å². The Kier molecular flexibility index (Phi) is 5.53. The highest BCUT2D eigenvalue weighted by Crippen LogP contribution is 2.21. The predicted octanol–water partition coefficient (Wildman–Crippen LogP) is 1.99. The summed E-state index contributed by atoms with van der Waals surface area (Å²) in [6.07, 6.45) is 0. The number of anilines is 1. The van der Waals surface area contributed by atoms with Crippen LogP contribution in [-0.4, -0.2) is 33.7 Å². The Hall–Kier alpha value is -1.17. The first-order chi connectivity index (χ1) is 8.47. The summed E-state index contributed by atoms with van der Waals surface area (Å²) in [5.41, 5.74) is 7.49. The van der Waals surface area contributed by atoms with Gasteiger partial charge < -0.3 is 11.1 Å². The van der Waals surface area contributed by atoms with Gasteiger partial charge in [0, 0.05) is 11.8 Å². The maximum atomic E-state index is 12.0. The Labute approximate surface area is 112 Å². The third-order valence-electron chi connectivity index (χ3n) is 2.58.